The second kappa shape index (κ2) is 6.31. The average molecular weight is 290 g/mol. The van der Waals surface area contributed by atoms with Crippen LogP contribution in [0.3, 0.4) is 0 Å². The molecule has 7 heteroatoms. The van der Waals surface area contributed by atoms with Crippen LogP contribution in [-0.4, -0.2) is 30.7 Å². The molecular formula is C11H18N2O3S2. The standard InChI is InChI=1S/C11H18N2O3S2/c1-9(17(2)14)7-13-18(15,16)8-10-3-5-11(12)6-4-10/h3-6,9,13H,7-8,12H2,1-2H3. The van der Waals surface area contributed by atoms with Crippen molar-refractivity contribution in [2.75, 3.05) is 18.5 Å². The molecule has 0 aliphatic rings. The molecule has 1 rings (SSSR count). The zero-order valence-electron chi connectivity index (χ0n) is 10.4. The third-order valence-corrected chi connectivity index (χ3v) is 5.11. The summed E-state index contributed by atoms with van der Waals surface area (Å²) in [5.74, 6) is -0.101. The van der Waals surface area contributed by atoms with Crippen LogP contribution < -0.4 is 10.5 Å². The molecule has 1 aromatic carbocycles. The number of anilines is 1. The summed E-state index contributed by atoms with van der Waals surface area (Å²) in [5, 5.41) is -0.203. The van der Waals surface area contributed by atoms with E-state index in [9.17, 15) is 12.6 Å². The van der Waals surface area contributed by atoms with Gasteiger partial charge in [0.1, 0.15) is 0 Å². The highest BCUT2D eigenvalue weighted by Crippen LogP contribution is 2.08. The van der Waals surface area contributed by atoms with Crippen LogP contribution >= 0.6 is 0 Å². The van der Waals surface area contributed by atoms with Crippen molar-refractivity contribution in [1.29, 1.82) is 0 Å². The number of nitrogens with two attached hydrogens (primary N) is 1. The Hall–Kier alpha value is -0.920. The quantitative estimate of drug-likeness (QED) is 0.745. The van der Waals surface area contributed by atoms with E-state index in [1.807, 2.05) is 0 Å². The lowest BCUT2D eigenvalue weighted by molar-refractivity contribution is 0.580. The van der Waals surface area contributed by atoms with E-state index in [1.165, 1.54) is 0 Å². The summed E-state index contributed by atoms with van der Waals surface area (Å²) in [7, 11) is -4.44. The van der Waals surface area contributed by atoms with E-state index in [2.05, 4.69) is 4.72 Å². The topological polar surface area (TPSA) is 89.3 Å². The van der Waals surface area contributed by atoms with E-state index in [1.54, 1.807) is 37.4 Å². The fourth-order valence-electron chi connectivity index (χ4n) is 1.25. The first kappa shape index (κ1) is 15.1. The van der Waals surface area contributed by atoms with Gasteiger partial charge in [-0.05, 0) is 24.6 Å². The van der Waals surface area contributed by atoms with Crippen LogP contribution in [0.25, 0.3) is 0 Å². The second-order valence-electron chi connectivity index (χ2n) is 4.16. The highest BCUT2D eigenvalue weighted by molar-refractivity contribution is 7.88. The Balaban J connectivity index is 2.60. The van der Waals surface area contributed by atoms with Crippen molar-refractivity contribution in [2.45, 2.75) is 17.9 Å². The van der Waals surface area contributed by atoms with Crippen LogP contribution in [0.2, 0.25) is 0 Å². The number of sulfonamides is 1. The second-order valence-corrected chi connectivity index (χ2v) is 7.77. The first-order valence-corrected chi connectivity index (χ1v) is 8.71. The number of nitrogen functional groups attached to an aromatic ring is 1. The first-order chi connectivity index (χ1) is 8.30. The number of rotatable bonds is 6. The average Bonchev–Trinajstić information content (AvgIpc) is 2.29. The molecule has 1 aromatic rings. The molecule has 0 aromatic heterocycles. The van der Waals surface area contributed by atoms with Crippen molar-refractivity contribution in [3.63, 3.8) is 0 Å². The molecule has 0 spiro atoms. The number of hydrogen-bond donors (Lipinski definition) is 2. The van der Waals surface area contributed by atoms with Crippen LogP contribution in [0.1, 0.15) is 12.5 Å². The highest BCUT2D eigenvalue weighted by Gasteiger charge is 2.14. The van der Waals surface area contributed by atoms with Gasteiger partial charge in [0.05, 0.1) is 5.75 Å². The molecule has 18 heavy (non-hydrogen) atoms. The molecule has 0 saturated heterocycles. The van der Waals surface area contributed by atoms with E-state index in [-0.39, 0.29) is 17.5 Å². The van der Waals surface area contributed by atoms with Crippen molar-refractivity contribution < 1.29 is 12.6 Å². The molecule has 3 N–H and O–H groups in total. The summed E-state index contributed by atoms with van der Waals surface area (Å²) >= 11 is 0. The van der Waals surface area contributed by atoms with Crippen LogP contribution in [0.4, 0.5) is 5.69 Å². The number of nitrogens with one attached hydrogen (secondary N) is 1. The Bertz CT molecular complexity index is 512. The minimum atomic E-state index is -3.40. The van der Waals surface area contributed by atoms with Gasteiger partial charge in [0, 0.05) is 34.5 Å². The molecular weight excluding hydrogens is 272 g/mol. The van der Waals surface area contributed by atoms with Crippen molar-refractivity contribution in [1.82, 2.24) is 4.72 Å². The molecule has 102 valence electrons. The van der Waals surface area contributed by atoms with Crippen molar-refractivity contribution in [2.24, 2.45) is 0 Å². The Morgan fingerprint density at radius 1 is 1.33 bits per heavy atom. The molecule has 0 bridgehead atoms. The zero-order valence-corrected chi connectivity index (χ0v) is 12.1. The molecule has 0 heterocycles. The van der Waals surface area contributed by atoms with Crippen molar-refractivity contribution in [3.8, 4) is 0 Å². The maximum absolute atomic E-state index is 11.8. The minimum Gasteiger partial charge on any atom is -0.399 e. The molecule has 0 amide bonds. The van der Waals surface area contributed by atoms with Gasteiger partial charge < -0.3 is 5.73 Å². The van der Waals surface area contributed by atoms with E-state index in [4.69, 9.17) is 5.73 Å². The Morgan fingerprint density at radius 3 is 2.39 bits per heavy atom. The normalized spacial score (nSPS) is 15.2. The van der Waals surface area contributed by atoms with E-state index >= 15 is 0 Å². The smallest absolute Gasteiger partial charge is 0.215 e. The molecule has 0 aliphatic heterocycles. The van der Waals surface area contributed by atoms with Gasteiger partial charge >= 0.3 is 0 Å². The predicted molar refractivity (Wildman–Crippen MR) is 75.0 cm³/mol. The lowest BCUT2D eigenvalue weighted by Crippen LogP contribution is -2.33. The van der Waals surface area contributed by atoms with Gasteiger partial charge in [0.2, 0.25) is 10.0 Å². The molecule has 0 saturated carbocycles. The van der Waals surface area contributed by atoms with Gasteiger partial charge in [0.15, 0.2) is 0 Å². The summed E-state index contributed by atoms with van der Waals surface area (Å²) in [6, 6.07) is 6.68. The van der Waals surface area contributed by atoms with Gasteiger partial charge in [-0.3, -0.25) is 4.21 Å². The van der Waals surface area contributed by atoms with Crippen LogP contribution in [0.5, 0.6) is 0 Å². The molecule has 5 nitrogen and oxygen atoms in total. The van der Waals surface area contributed by atoms with Crippen LogP contribution in [0, 0.1) is 0 Å². The highest BCUT2D eigenvalue weighted by atomic mass is 32.2. The monoisotopic (exact) mass is 290 g/mol. The fraction of sp³-hybridized carbons (Fsp3) is 0.455. The molecule has 2 atom stereocenters. The minimum absolute atomic E-state index is 0.101. The SMILES string of the molecule is CC(CNS(=O)(=O)Cc1ccc(N)cc1)S(C)=O. The molecule has 2 unspecified atom stereocenters. The fourth-order valence-corrected chi connectivity index (χ4v) is 2.91. The lowest BCUT2D eigenvalue weighted by atomic mass is 10.2. The third kappa shape index (κ3) is 5.16. The van der Waals surface area contributed by atoms with Gasteiger partial charge in [0.25, 0.3) is 0 Å². The van der Waals surface area contributed by atoms with E-state index in [0.717, 1.165) is 0 Å². The van der Waals surface area contributed by atoms with E-state index < -0.39 is 20.8 Å². The van der Waals surface area contributed by atoms with Crippen LogP contribution in [-0.2, 0) is 26.6 Å². The van der Waals surface area contributed by atoms with Gasteiger partial charge in [-0.25, -0.2) is 13.1 Å². The number of benzene rings is 1. The summed E-state index contributed by atoms with van der Waals surface area (Å²) < 4.78 is 37.1. The van der Waals surface area contributed by atoms with Gasteiger partial charge in [-0.2, -0.15) is 0 Å². The van der Waals surface area contributed by atoms with Gasteiger partial charge in [-0.15, -0.1) is 0 Å². The summed E-state index contributed by atoms with van der Waals surface area (Å²) in [5.41, 5.74) is 6.79. The van der Waals surface area contributed by atoms with Crippen molar-refractivity contribution >= 4 is 26.5 Å². The summed E-state index contributed by atoms with van der Waals surface area (Å²) in [6.45, 7) is 1.92. The molecule has 0 aliphatic carbocycles. The van der Waals surface area contributed by atoms with Gasteiger partial charge in [-0.1, -0.05) is 12.1 Å². The van der Waals surface area contributed by atoms with Crippen LogP contribution in [0.15, 0.2) is 24.3 Å². The Labute approximate surface area is 110 Å². The zero-order chi connectivity index (χ0) is 13.8. The maximum atomic E-state index is 11.8. The van der Waals surface area contributed by atoms with E-state index in [0.29, 0.717) is 11.3 Å². The Morgan fingerprint density at radius 2 is 1.89 bits per heavy atom. The number of hydrogen-bond acceptors (Lipinski definition) is 4. The molecule has 0 fully saturated rings. The third-order valence-electron chi connectivity index (χ3n) is 2.49. The predicted octanol–water partition coefficient (Wildman–Crippen LogP) is 0.455. The molecule has 0 radical (unpaired) electrons. The largest absolute Gasteiger partial charge is 0.399 e. The first-order valence-electron chi connectivity index (χ1n) is 5.44. The summed E-state index contributed by atoms with van der Waals surface area (Å²) in [6.07, 6.45) is 1.55. The summed E-state index contributed by atoms with van der Waals surface area (Å²) in [4.78, 5) is 0. The Kier molecular flexibility index (Phi) is 5.30. The van der Waals surface area contributed by atoms with Crippen molar-refractivity contribution in [3.05, 3.63) is 29.8 Å². The maximum Gasteiger partial charge on any atom is 0.215 e. The lowest BCUT2D eigenvalue weighted by Gasteiger charge is -2.10.